The molecule has 1 aromatic heterocycles. The number of aryl methyl sites for hydroxylation is 1. The number of alkyl halides is 1. The summed E-state index contributed by atoms with van der Waals surface area (Å²) in [5.74, 6) is 0.475. The van der Waals surface area contributed by atoms with Gasteiger partial charge in [0.1, 0.15) is 0 Å². The van der Waals surface area contributed by atoms with Crippen molar-refractivity contribution >= 4 is 28.3 Å². The molecule has 3 heteroatoms. The molecule has 78 valence electrons. The van der Waals surface area contributed by atoms with Gasteiger partial charge in [-0.05, 0) is 18.6 Å². The van der Waals surface area contributed by atoms with Crippen LogP contribution in [0.25, 0.3) is 10.9 Å². The topological polar surface area (TPSA) is 32.9 Å². The molecule has 15 heavy (non-hydrogen) atoms. The number of rotatable bonds is 3. The van der Waals surface area contributed by atoms with Gasteiger partial charge in [0.15, 0.2) is 5.78 Å². The monoisotopic (exact) mass is 221 g/mol. The summed E-state index contributed by atoms with van der Waals surface area (Å²) >= 11 is 5.57. The summed E-state index contributed by atoms with van der Waals surface area (Å²) in [5.41, 5.74) is 2.88. The molecule has 1 aromatic carbocycles. The standard InChI is InChI=1S/C12H12ClNO/c1-8-3-2-4-10-12(8)9(7-14-10)11(15)5-6-13/h2-4,7,14H,5-6H2,1H3. The van der Waals surface area contributed by atoms with Crippen molar-refractivity contribution in [2.24, 2.45) is 0 Å². The smallest absolute Gasteiger partial charge is 0.166 e. The highest BCUT2D eigenvalue weighted by Gasteiger charge is 2.12. The maximum absolute atomic E-state index is 11.8. The lowest BCUT2D eigenvalue weighted by Crippen LogP contribution is -1.98. The molecule has 0 saturated heterocycles. The minimum absolute atomic E-state index is 0.102. The summed E-state index contributed by atoms with van der Waals surface area (Å²) in [6.45, 7) is 2.01. The van der Waals surface area contributed by atoms with Crippen molar-refractivity contribution in [2.75, 3.05) is 5.88 Å². The van der Waals surface area contributed by atoms with E-state index in [1.807, 2.05) is 25.1 Å². The number of carbonyl (C=O) groups is 1. The Bertz CT molecular complexity index is 501. The Hall–Kier alpha value is -1.28. The Labute approximate surface area is 93.2 Å². The predicted octanol–water partition coefficient (Wildman–Crippen LogP) is 3.29. The summed E-state index contributed by atoms with van der Waals surface area (Å²) in [5, 5.41) is 1.02. The van der Waals surface area contributed by atoms with Crippen LogP contribution in [0, 0.1) is 6.92 Å². The molecular formula is C12H12ClNO. The number of halogens is 1. The van der Waals surface area contributed by atoms with Crippen molar-refractivity contribution in [1.82, 2.24) is 4.98 Å². The van der Waals surface area contributed by atoms with Gasteiger partial charge in [0, 0.05) is 35.0 Å². The van der Waals surface area contributed by atoms with Crippen molar-refractivity contribution < 1.29 is 4.79 Å². The van der Waals surface area contributed by atoms with E-state index >= 15 is 0 Å². The maximum Gasteiger partial charge on any atom is 0.166 e. The first-order valence-corrected chi connectivity index (χ1v) is 5.43. The molecule has 0 aliphatic heterocycles. The van der Waals surface area contributed by atoms with Crippen molar-refractivity contribution in [3.05, 3.63) is 35.5 Å². The van der Waals surface area contributed by atoms with Crippen LogP contribution in [0.5, 0.6) is 0 Å². The first kappa shape index (κ1) is 10.2. The molecule has 0 atom stereocenters. The molecule has 0 saturated carbocycles. The third-order valence-electron chi connectivity index (χ3n) is 2.54. The zero-order valence-corrected chi connectivity index (χ0v) is 9.27. The van der Waals surface area contributed by atoms with Gasteiger partial charge in [-0.2, -0.15) is 0 Å². The number of carbonyl (C=O) groups excluding carboxylic acids is 1. The largest absolute Gasteiger partial charge is 0.360 e. The molecule has 0 unspecified atom stereocenters. The highest BCUT2D eigenvalue weighted by atomic mass is 35.5. The van der Waals surface area contributed by atoms with Crippen LogP contribution < -0.4 is 0 Å². The van der Waals surface area contributed by atoms with E-state index in [0.717, 1.165) is 22.0 Å². The fourth-order valence-electron chi connectivity index (χ4n) is 1.81. The van der Waals surface area contributed by atoms with Crippen molar-refractivity contribution in [2.45, 2.75) is 13.3 Å². The predicted molar refractivity (Wildman–Crippen MR) is 62.7 cm³/mol. The molecule has 0 spiro atoms. The van der Waals surface area contributed by atoms with E-state index in [0.29, 0.717) is 12.3 Å². The van der Waals surface area contributed by atoms with Gasteiger partial charge in [0.25, 0.3) is 0 Å². The minimum Gasteiger partial charge on any atom is -0.360 e. The van der Waals surface area contributed by atoms with Crippen LogP contribution in [0.4, 0.5) is 0 Å². The normalized spacial score (nSPS) is 10.8. The number of aromatic amines is 1. The van der Waals surface area contributed by atoms with Crippen LogP contribution in [-0.4, -0.2) is 16.6 Å². The third-order valence-corrected chi connectivity index (χ3v) is 2.73. The number of H-pyrrole nitrogens is 1. The van der Waals surface area contributed by atoms with Crippen LogP contribution in [0.3, 0.4) is 0 Å². The van der Waals surface area contributed by atoms with Crippen molar-refractivity contribution in [3.8, 4) is 0 Å². The highest BCUT2D eigenvalue weighted by Crippen LogP contribution is 2.23. The number of benzene rings is 1. The number of aromatic nitrogens is 1. The molecule has 1 N–H and O–H groups in total. The third kappa shape index (κ3) is 1.77. The lowest BCUT2D eigenvalue weighted by Gasteiger charge is -1.99. The van der Waals surface area contributed by atoms with Gasteiger partial charge in [-0.25, -0.2) is 0 Å². The first-order chi connectivity index (χ1) is 7.24. The minimum atomic E-state index is 0.102. The molecule has 0 aliphatic carbocycles. The van der Waals surface area contributed by atoms with E-state index in [2.05, 4.69) is 4.98 Å². The molecule has 2 nitrogen and oxygen atoms in total. The van der Waals surface area contributed by atoms with Gasteiger partial charge in [-0.3, -0.25) is 4.79 Å². The van der Waals surface area contributed by atoms with E-state index in [9.17, 15) is 4.79 Å². The van der Waals surface area contributed by atoms with Gasteiger partial charge in [-0.1, -0.05) is 12.1 Å². The Morgan fingerprint density at radius 3 is 3.00 bits per heavy atom. The van der Waals surface area contributed by atoms with E-state index in [1.165, 1.54) is 0 Å². The Kier molecular flexibility index (Phi) is 2.78. The zero-order chi connectivity index (χ0) is 10.8. The second-order valence-electron chi connectivity index (χ2n) is 3.56. The number of hydrogen-bond donors (Lipinski definition) is 1. The van der Waals surface area contributed by atoms with Gasteiger partial charge in [0.05, 0.1) is 0 Å². The SMILES string of the molecule is Cc1cccc2[nH]cc(C(=O)CCCl)c12. The maximum atomic E-state index is 11.8. The molecule has 0 bridgehead atoms. The molecule has 0 amide bonds. The quantitative estimate of drug-likeness (QED) is 0.626. The van der Waals surface area contributed by atoms with Crippen LogP contribution in [0.15, 0.2) is 24.4 Å². The molecule has 0 aliphatic rings. The van der Waals surface area contributed by atoms with Gasteiger partial charge >= 0.3 is 0 Å². The first-order valence-electron chi connectivity index (χ1n) is 4.90. The van der Waals surface area contributed by atoms with Gasteiger partial charge in [0.2, 0.25) is 0 Å². The molecular weight excluding hydrogens is 210 g/mol. The van der Waals surface area contributed by atoms with E-state index in [4.69, 9.17) is 11.6 Å². The fraction of sp³-hybridized carbons (Fsp3) is 0.250. The van der Waals surface area contributed by atoms with Gasteiger partial charge < -0.3 is 4.98 Å². The Morgan fingerprint density at radius 1 is 1.47 bits per heavy atom. The Morgan fingerprint density at radius 2 is 2.27 bits per heavy atom. The number of hydrogen-bond acceptors (Lipinski definition) is 1. The van der Waals surface area contributed by atoms with Crippen molar-refractivity contribution in [3.63, 3.8) is 0 Å². The molecule has 1 heterocycles. The molecule has 2 rings (SSSR count). The second-order valence-corrected chi connectivity index (χ2v) is 3.94. The molecule has 0 radical (unpaired) electrons. The summed E-state index contributed by atoms with van der Waals surface area (Å²) in [6.07, 6.45) is 2.16. The summed E-state index contributed by atoms with van der Waals surface area (Å²) in [6, 6.07) is 5.96. The lowest BCUT2D eigenvalue weighted by atomic mass is 10.0. The zero-order valence-electron chi connectivity index (χ0n) is 8.51. The van der Waals surface area contributed by atoms with E-state index in [1.54, 1.807) is 6.20 Å². The molecule has 2 aromatic rings. The Balaban J connectivity index is 2.57. The average Bonchev–Trinajstić information content (AvgIpc) is 2.63. The number of Topliss-reactive ketones (excluding diaryl/α,β-unsaturated/α-hetero) is 1. The average molecular weight is 222 g/mol. The highest BCUT2D eigenvalue weighted by molar-refractivity contribution is 6.20. The van der Waals surface area contributed by atoms with Crippen LogP contribution in [0.1, 0.15) is 22.3 Å². The van der Waals surface area contributed by atoms with Crippen molar-refractivity contribution in [1.29, 1.82) is 0 Å². The van der Waals surface area contributed by atoms with E-state index < -0.39 is 0 Å². The van der Waals surface area contributed by atoms with Crippen LogP contribution in [-0.2, 0) is 0 Å². The summed E-state index contributed by atoms with van der Waals surface area (Å²) < 4.78 is 0. The number of nitrogens with one attached hydrogen (secondary N) is 1. The number of fused-ring (bicyclic) bond motifs is 1. The van der Waals surface area contributed by atoms with Crippen LogP contribution >= 0.6 is 11.6 Å². The van der Waals surface area contributed by atoms with Gasteiger partial charge in [-0.15, -0.1) is 11.6 Å². The van der Waals surface area contributed by atoms with E-state index in [-0.39, 0.29) is 5.78 Å². The fourth-order valence-corrected chi connectivity index (χ4v) is 1.98. The number of ketones is 1. The molecule has 0 fully saturated rings. The lowest BCUT2D eigenvalue weighted by molar-refractivity contribution is 0.0991. The second kappa shape index (κ2) is 4.07. The van der Waals surface area contributed by atoms with Crippen LogP contribution in [0.2, 0.25) is 0 Å². The summed E-state index contributed by atoms with van der Waals surface area (Å²) in [4.78, 5) is 14.9. The summed E-state index contributed by atoms with van der Waals surface area (Å²) in [7, 11) is 0.